The number of allylic oxidation sites excluding steroid dienone is 3. The molecule has 0 amide bonds. The first kappa shape index (κ1) is 18.2. The normalized spacial score (nSPS) is 16.3. The van der Waals surface area contributed by atoms with E-state index in [2.05, 4.69) is 0 Å². The van der Waals surface area contributed by atoms with Crippen LogP contribution in [0.25, 0.3) is 0 Å². The van der Waals surface area contributed by atoms with Crippen LogP contribution in [0.1, 0.15) is 27.2 Å². The van der Waals surface area contributed by atoms with Gasteiger partial charge in [0.05, 0.1) is 5.76 Å². The first-order chi connectivity index (χ1) is 6.48. The standard InChI is InChI=1S/C11H12N2O.FH.K/c1-8-4-9(10(6-12)7-13)5-11(2,3)14-8;;/h4H,5H2,1-3H3;1H;/q;;+1/p-1. The van der Waals surface area contributed by atoms with Gasteiger partial charge in [-0.15, -0.1) is 0 Å². The average Bonchev–Trinajstić information content (AvgIpc) is 2.02. The van der Waals surface area contributed by atoms with E-state index in [1.807, 2.05) is 32.9 Å². The van der Waals surface area contributed by atoms with Crippen LogP contribution in [0.3, 0.4) is 0 Å². The fourth-order valence-corrected chi connectivity index (χ4v) is 1.59. The van der Waals surface area contributed by atoms with E-state index in [9.17, 15) is 0 Å². The molecule has 1 rings (SSSR count). The minimum atomic E-state index is -0.326. The number of hydrogen-bond acceptors (Lipinski definition) is 3. The van der Waals surface area contributed by atoms with Crippen molar-refractivity contribution in [2.75, 3.05) is 0 Å². The minimum absolute atomic E-state index is 0. The minimum Gasteiger partial charge on any atom is -1.00 e. The van der Waals surface area contributed by atoms with Crippen molar-refractivity contribution in [3.63, 3.8) is 0 Å². The Labute approximate surface area is 138 Å². The Bertz CT molecular complexity index is 383. The topological polar surface area (TPSA) is 56.8 Å². The molecule has 0 unspecified atom stereocenters. The van der Waals surface area contributed by atoms with E-state index in [4.69, 9.17) is 15.3 Å². The van der Waals surface area contributed by atoms with Crippen molar-refractivity contribution in [3.8, 4) is 12.1 Å². The van der Waals surface area contributed by atoms with Gasteiger partial charge >= 0.3 is 51.4 Å². The van der Waals surface area contributed by atoms with Crippen molar-refractivity contribution in [2.45, 2.75) is 32.8 Å². The fraction of sp³-hybridized carbons (Fsp3) is 0.455. The van der Waals surface area contributed by atoms with Gasteiger partial charge in [0.25, 0.3) is 0 Å². The van der Waals surface area contributed by atoms with Gasteiger partial charge in [0.15, 0.2) is 0 Å². The summed E-state index contributed by atoms with van der Waals surface area (Å²) in [5.41, 5.74) is 0.622. The van der Waals surface area contributed by atoms with Gasteiger partial charge in [-0.3, -0.25) is 0 Å². The largest absolute Gasteiger partial charge is 1.00 e. The molecule has 80 valence electrons. The molecule has 0 saturated heterocycles. The monoisotopic (exact) mass is 246 g/mol. The quantitative estimate of drug-likeness (QED) is 0.328. The average molecular weight is 246 g/mol. The molecule has 16 heavy (non-hydrogen) atoms. The predicted molar refractivity (Wildman–Crippen MR) is 51.8 cm³/mol. The van der Waals surface area contributed by atoms with Gasteiger partial charge in [0.2, 0.25) is 0 Å². The van der Waals surface area contributed by atoms with Gasteiger partial charge in [0.1, 0.15) is 23.3 Å². The molecule has 1 aliphatic heterocycles. The molecular formula is C11H12FKN2O. The van der Waals surface area contributed by atoms with E-state index in [-0.39, 0.29) is 67.3 Å². The maximum absolute atomic E-state index is 8.73. The third-order valence-corrected chi connectivity index (χ3v) is 1.98. The zero-order chi connectivity index (χ0) is 10.8. The molecule has 1 heterocycles. The maximum atomic E-state index is 8.73. The number of ether oxygens (including phenoxy) is 1. The summed E-state index contributed by atoms with van der Waals surface area (Å²) >= 11 is 0. The second kappa shape index (κ2) is 7.21. The number of nitrogens with zero attached hydrogens (tertiary/aromatic N) is 2. The third kappa shape index (κ3) is 4.77. The van der Waals surface area contributed by atoms with Gasteiger partial charge in [-0.25, -0.2) is 0 Å². The van der Waals surface area contributed by atoms with Crippen molar-refractivity contribution in [1.29, 1.82) is 10.5 Å². The van der Waals surface area contributed by atoms with Gasteiger partial charge < -0.3 is 9.44 Å². The Balaban J connectivity index is 0. The summed E-state index contributed by atoms with van der Waals surface area (Å²) in [5, 5.41) is 17.5. The third-order valence-electron chi connectivity index (χ3n) is 1.98. The molecule has 3 nitrogen and oxygen atoms in total. The Morgan fingerprint density at radius 2 is 1.88 bits per heavy atom. The molecular weight excluding hydrogens is 234 g/mol. The summed E-state index contributed by atoms with van der Waals surface area (Å²) < 4.78 is 5.55. The molecule has 0 aromatic carbocycles. The number of rotatable bonds is 0. The Hall–Kier alpha value is -0.174. The summed E-state index contributed by atoms with van der Waals surface area (Å²) in [7, 11) is 0. The van der Waals surface area contributed by atoms with Crippen LogP contribution in [-0.4, -0.2) is 5.60 Å². The molecule has 0 bridgehead atoms. The van der Waals surface area contributed by atoms with E-state index in [0.717, 1.165) is 11.3 Å². The van der Waals surface area contributed by atoms with Crippen LogP contribution >= 0.6 is 0 Å². The van der Waals surface area contributed by atoms with Gasteiger partial charge in [0, 0.05) is 6.42 Å². The first-order valence-corrected chi connectivity index (χ1v) is 4.39. The molecule has 0 spiro atoms. The summed E-state index contributed by atoms with van der Waals surface area (Å²) in [6.45, 7) is 5.71. The molecule has 0 fully saturated rings. The molecule has 0 aromatic rings. The van der Waals surface area contributed by atoms with E-state index < -0.39 is 0 Å². The van der Waals surface area contributed by atoms with Crippen molar-refractivity contribution in [3.05, 3.63) is 23.0 Å². The van der Waals surface area contributed by atoms with Crippen LogP contribution in [0.5, 0.6) is 0 Å². The Morgan fingerprint density at radius 3 is 2.25 bits per heavy atom. The summed E-state index contributed by atoms with van der Waals surface area (Å²) in [4.78, 5) is 0. The van der Waals surface area contributed by atoms with Gasteiger partial charge in [-0.1, -0.05) is 0 Å². The van der Waals surface area contributed by atoms with Crippen molar-refractivity contribution in [2.24, 2.45) is 0 Å². The maximum Gasteiger partial charge on any atom is 1.00 e. The Morgan fingerprint density at radius 1 is 1.38 bits per heavy atom. The molecule has 1 aliphatic rings. The van der Waals surface area contributed by atoms with Crippen LogP contribution in [0, 0.1) is 22.7 Å². The number of halogens is 1. The van der Waals surface area contributed by atoms with Crippen LogP contribution in [-0.2, 0) is 4.74 Å². The molecule has 5 heteroatoms. The number of nitriles is 2. The summed E-state index contributed by atoms with van der Waals surface area (Å²) in [6, 6.07) is 3.80. The summed E-state index contributed by atoms with van der Waals surface area (Å²) in [5.74, 6) is 0.749. The second-order valence-electron chi connectivity index (χ2n) is 3.92. The zero-order valence-electron chi connectivity index (χ0n) is 9.97. The molecule has 0 aliphatic carbocycles. The van der Waals surface area contributed by atoms with Crippen molar-refractivity contribution in [1.82, 2.24) is 0 Å². The Kier molecular flexibility index (Phi) is 8.20. The first-order valence-electron chi connectivity index (χ1n) is 4.39. The summed E-state index contributed by atoms with van der Waals surface area (Å²) in [6.07, 6.45) is 2.35. The van der Waals surface area contributed by atoms with E-state index >= 15 is 0 Å². The van der Waals surface area contributed by atoms with E-state index in [0.29, 0.717) is 6.42 Å². The predicted octanol–water partition coefficient (Wildman–Crippen LogP) is -3.56. The van der Waals surface area contributed by atoms with Crippen LogP contribution in [0.4, 0.5) is 0 Å². The van der Waals surface area contributed by atoms with Gasteiger partial charge in [-0.05, 0) is 32.4 Å². The molecule has 0 N–H and O–H groups in total. The molecule has 0 atom stereocenters. The molecule has 0 saturated carbocycles. The second-order valence-corrected chi connectivity index (χ2v) is 3.92. The molecule has 0 aromatic heterocycles. The molecule has 0 radical (unpaired) electrons. The fourth-order valence-electron chi connectivity index (χ4n) is 1.59. The van der Waals surface area contributed by atoms with Crippen molar-refractivity contribution >= 4 is 0 Å². The van der Waals surface area contributed by atoms with Crippen LogP contribution in [0.2, 0.25) is 0 Å². The number of hydrogen-bond donors (Lipinski definition) is 0. The van der Waals surface area contributed by atoms with E-state index in [1.54, 1.807) is 6.08 Å². The van der Waals surface area contributed by atoms with Gasteiger partial charge in [-0.2, -0.15) is 10.5 Å². The smallest absolute Gasteiger partial charge is 1.00 e. The van der Waals surface area contributed by atoms with E-state index in [1.165, 1.54) is 0 Å². The SMILES string of the molecule is CC1=CC(=C(C#N)C#N)CC(C)(C)O1.[F-].[K+]. The van der Waals surface area contributed by atoms with Crippen LogP contribution in [0.15, 0.2) is 23.0 Å². The van der Waals surface area contributed by atoms with Crippen LogP contribution < -0.4 is 56.1 Å². The zero-order valence-corrected chi connectivity index (χ0v) is 13.1. The van der Waals surface area contributed by atoms with Crippen molar-refractivity contribution < 1.29 is 60.8 Å².